The van der Waals surface area contributed by atoms with E-state index in [9.17, 15) is 20.6 Å². The minimum absolute atomic E-state index is 0.280. The first-order valence-corrected chi connectivity index (χ1v) is 7.93. The molecule has 0 radical (unpaired) electrons. The molecule has 9 nitrogen and oxygen atoms in total. The number of rotatable bonds is 3. The molecule has 2 aromatic rings. The highest BCUT2D eigenvalue weighted by Crippen LogP contribution is 2.35. The van der Waals surface area contributed by atoms with Crippen molar-refractivity contribution in [3.8, 4) is 6.07 Å². The maximum Gasteiger partial charge on any atom is 0.164 e. The highest BCUT2D eigenvalue weighted by atomic mass is 16.6. The molecule has 0 saturated carbocycles. The fourth-order valence-corrected chi connectivity index (χ4v) is 2.92. The lowest BCUT2D eigenvalue weighted by Crippen LogP contribution is -2.33. The summed E-state index contributed by atoms with van der Waals surface area (Å²) < 4.78 is 7.04. The van der Waals surface area contributed by atoms with Crippen molar-refractivity contribution in [2.24, 2.45) is 0 Å². The molecule has 0 bridgehead atoms. The number of aliphatic hydroxyl groups excluding tert-OH is 3. The van der Waals surface area contributed by atoms with E-state index in [1.165, 1.54) is 17.1 Å². The van der Waals surface area contributed by atoms with Gasteiger partial charge in [0.05, 0.1) is 17.6 Å². The zero-order valence-corrected chi connectivity index (χ0v) is 14.2. The van der Waals surface area contributed by atoms with Crippen LogP contribution in [0.4, 0.5) is 5.82 Å². The molecule has 9 heteroatoms. The van der Waals surface area contributed by atoms with E-state index in [4.69, 9.17) is 4.74 Å². The van der Waals surface area contributed by atoms with E-state index >= 15 is 0 Å². The van der Waals surface area contributed by atoms with Crippen LogP contribution >= 0.6 is 0 Å². The minimum Gasteiger partial charge on any atom is -0.394 e. The van der Waals surface area contributed by atoms with Gasteiger partial charge in [-0.3, -0.25) is 0 Å². The molecular formula is C16H21N5O4. The SMILES string of the molecule is CC(C)(C)Nc1ncnc2c1c(C#N)cn2[C@@H]1O[C@H](CO)C(O)[C@@H]1O. The van der Waals surface area contributed by atoms with Crippen LogP contribution < -0.4 is 5.32 Å². The number of aromatic nitrogens is 3. The van der Waals surface area contributed by atoms with Crippen molar-refractivity contribution in [3.63, 3.8) is 0 Å². The number of anilines is 1. The van der Waals surface area contributed by atoms with Gasteiger partial charge in [0.2, 0.25) is 0 Å². The predicted octanol–water partition coefficient (Wildman–Crippen LogP) is 0.125. The number of hydrogen-bond donors (Lipinski definition) is 4. The lowest BCUT2D eigenvalue weighted by atomic mass is 10.1. The average molecular weight is 347 g/mol. The molecule has 1 unspecified atom stereocenters. The quantitative estimate of drug-likeness (QED) is 0.615. The molecule has 1 aliphatic heterocycles. The number of aliphatic hydroxyl groups is 3. The van der Waals surface area contributed by atoms with Crippen LogP contribution in [-0.4, -0.2) is 60.3 Å². The molecule has 1 fully saturated rings. The number of fused-ring (bicyclic) bond motifs is 1. The molecule has 4 atom stereocenters. The summed E-state index contributed by atoms with van der Waals surface area (Å²) in [6.07, 6.45) is -1.49. The summed E-state index contributed by atoms with van der Waals surface area (Å²) >= 11 is 0. The summed E-state index contributed by atoms with van der Waals surface area (Å²) in [5.74, 6) is 0.500. The molecule has 0 aromatic carbocycles. The monoisotopic (exact) mass is 347 g/mol. The third-order valence-electron chi connectivity index (χ3n) is 4.01. The predicted molar refractivity (Wildman–Crippen MR) is 88.6 cm³/mol. The van der Waals surface area contributed by atoms with Gasteiger partial charge in [0.25, 0.3) is 0 Å². The average Bonchev–Trinajstić information content (AvgIpc) is 3.05. The summed E-state index contributed by atoms with van der Waals surface area (Å²) in [5.41, 5.74) is 0.436. The fraction of sp³-hybridized carbons (Fsp3) is 0.562. The van der Waals surface area contributed by atoms with Gasteiger partial charge in [-0.2, -0.15) is 5.26 Å². The molecule has 3 heterocycles. The van der Waals surface area contributed by atoms with Crippen LogP contribution in [0.15, 0.2) is 12.5 Å². The van der Waals surface area contributed by atoms with Crippen molar-refractivity contribution < 1.29 is 20.1 Å². The van der Waals surface area contributed by atoms with Crippen molar-refractivity contribution in [1.29, 1.82) is 5.26 Å². The van der Waals surface area contributed by atoms with Crippen LogP contribution in [0.5, 0.6) is 0 Å². The number of nitrogens with zero attached hydrogens (tertiary/aromatic N) is 4. The van der Waals surface area contributed by atoms with Crippen LogP contribution in [0.2, 0.25) is 0 Å². The Morgan fingerprint density at radius 2 is 2.04 bits per heavy atom. The largest absolute Gasteiger partial charge is 0.394 e. The number of hydrogen-bond acceptors (Lipinski definition) is 8. The zero-order valence-electron chi connectivity index (χ0n) is 14.2. The Morgan fingerprint density at radius 3 is 2.60 bits per heavy atom. The fourth-order valence-electron chi connectivity index (χ4n) is 2.92. The lowest BCUT2D eigenvalue weighted by Gasteiger charge is -2.22. The van der Waals surface area contributed by atoms with E-state index in [1.807, 2.05) is 20.8 Å². The summed E-state index contributed by atoms with van der Waals surface area (Å²) in [4.78, 5) is 8.45. The van der Waals surface area contributed by atoms with Gasteiger partial charge in [0.1, 0.15) is 42.2 Å². The first kappa shape index (κ1) is 17.6. The van der Waals surface area contributed by atoms with Gasteiger partial charge in [0, 0.05) is 11.7 Å². The minimum atomic E-state index is -1.26. The van der Waals surface area contributed by atoms with Crippen molar-refractivity contribution in [2.45, 2.75) is 50.8 Å². The summed E-state index contributed by atoms with van der Waals surface area (Å²) in [6, 6.07) is 2.10. The Hall–Kier alpha value is -2.25. The van der Waals surface area contributed by atoms with Gasteiger partial charge in [0.15, 0.2) is 6.23 Å². The van der Waals surface area contributed by atoms with E-state index in [1.54, 1.807) is 0 Å². The van der Waals surface area contributed by atoms with Gasteiger partial charge in [-0.25, -0.2) is 9.97 Å². The van der Waals surface area contributed by atoms with Crippen molar-refractivity contribution in [1.82, 2.24) is 14.5 Å². The number of nitrogens with one attached hydrogen (secondary N) is 1. The van der Waals surface area contributed by atoms with Gasteiger partial charge >= 0.3 is 0 Å². The molecule has 1 aliphatic rings. The smallest absolute Gasteiger partial charge is 0.164 e. The Balaban J connectivity index is 2.13. The van der Waals surface area contributed by atoms with Gasteiger partial charge in [-0.1, -0.05) is 0 Å². The van der Waals surface area contributed by atoms with Crippen LogP contribution in [0.25, 0.3) is 11.0 Å². The van der Waals surface area contributed by atoms with E-state index in [2.05, 4.69) is 21.4 Å². The van der Waals surface area contributed by atoms with E-state index in [0.717, 1.165) is 0 Å². The van der Waals surface area contributed by atoms with Crippen molar-refractivity contribution >= 4 is 16.9 Å². The first-order valence-electron chi connectivity index (χ1n) is 7.93. The third kappa shape index (κ3) is 3.05. The molecule has 134 valence electrons. The Labute approximate surface area is 144 Å². The van der Waals surface area contributed by atoms with E-state index in [-0.39, 0.29) is 5.54 Å². The maximum absolute atomic E-state index is 10.3. The van der Waals surface area contributed by atoms with E-state index < -0.39 is 31.1 Å². The molecule has 0 amide bonds. The van der Waals surface area contributed by atoms with Gasteiger partial charge in [-0.15, -0.1) is 0 Å². The van der Waals surface area contributed by atoms with Crippen LogP contribution in [0.1, 0.15) is 32.6 Å². The van der Waals surface area contributed by atoms with Crippen LogP contribution in [0.3, 0.4) is 0 Å². The highest BCUT2D eigenvalue weighted by Gasteiger charge is 2.44. The second-order valence-corrected chi connectivity index (χ2v) is 7.09. The molecule has 4 N–H and O–H groups in total. The van der Waals surface area contributed by atoms with Gasteiger partial charge < -0.3 is 29.9 Å². The molecule has 0 spiro atoms. The van der Waals surface area contributed by atoms with Gasteiger partial charge in [-0.05, 0) is 20.8 Å². The van der Waals surface area contributed by atoms with Crippen molar-refractivity contribution in [3.05, 3.63) is 18.1 Å². The Morgan fingerprint density at radius 1 is 1.32 bits per heavy atom. The second-order valence-electron chi connectivity index (χ2n) is 7.09. The molecule has 2 aromatic heterocycles. The Bertz CT molecular complexity index is 822. The zero-order chi connectivity index (χ0) is 18.4. The van der Waals surface area contributed by atoms with Crippen LogP contribution in [-0.2, 0) is 4.74 Å². The topological polar surface area (TPSA) is 136 Å². The molecule has 3 rings (SSSR count). The second kappa shape index (κ2) is 6.24. The third-order valence-corrected chi connectivity index (χ3v) is 4.01. The molecular weight excluding hydrogens is 326 g/mol. The molecule has 25 heavy (non-hydrogen) atoms. The van der Waals surface area contributed by atoms with Crippen LogP contribution in [0, 0.1) is 11.3 Å². The summed E-state index contributed by atoms with van der Waals surface area (Å²) in [6.45, 7) is 5.48. The maximum atomic E-state index is 10.3. The number of nitriles is 1. The molecule has 0 aliphatic carbocycles. The van der Waals surface area contributed by atoms with Crippen molar-refractivity contribution in [2.75, 3.05) is 11.9 Å². The summed E-state index contributed by atoms with van der Waals surface area (Å²) in [7, 11) is 0. The lowest BCUT2D eigenvalue weighted by molar-refractivity contribution is -0.0508. The highest BCUT2D eigenvalue weighted by molar-refractivity contribution is 5.93. The van der Waals surface area contributed by atoms with E-state index in [0.29, 0.717) is 22.4 Å². The Kier molecular flexibility index (Phi) is 4.38. The molecule has 1 saturated heterocycles. The summed E-state index contributed by atoms with van der Waals surface area (Å²) in [5, 5.41) is 42.7. The first-order chi connectivity index (χ1) is 11.8. The standard InChI is InChI=1S/C16H21N5O4/c1-16(2,3)20-13-10-8(4-17)5-21(14(10)19-7-18-13)15-12(24)11(23)9(6-22)25-15/h5,7,9,11-12,15,22-24H,6H2,1-3H3,(H,18,19,20)/t9-,11?,12+,15-/m1/s1. The normalized spacial score (nSPS) is 26.8. The number of ether oxygens (including phenoxy) is 1.